The first kappa shape index (κ1) is 11.8. The van der Waals surface area contributed by atoms with E-state index in [0.29, 0.717) is 23.7 Å². The summed E-state index contributed by atoms with van der Waals surface area (Å²) in [6.07, 6.45) is 1.36. The number of nitrogens with zero attached hydrogens (tertiary/aromatic N) is 3. The molecule has 0 amide bonds. The smallest absolute Gasteiger partial charge is 0.300 e. The predicted octanol–water partition coefficient (Wildman–Crippen LogP) is 1.31. The first-order valence-corrected chi connectivity index (χ1v) is 5.96. The van der Waals surface area contributed by atoms with Crippen molar-refractivity contribution in [3.63, 3.8) is 0 Å². The zero-order chi connectivity index (χ0) is 13.4. The second-order valence-electron chi connectivity index (χ2n) is 4.72. The van der Waals surface area contributed by atoms with Crippen molar-refractivity contribution < 1.29 is 14.7 Å². The lowest BCUT2D eigenvalue weighted by molar-refractivity contribution is -0.383. The summed E-state index contributed by atoms with van der Waals surface area (Å²) >= 11 is 0. The summed E-state index contributed by atoms with van der Waals surface area (Å²) in [6.45, 7) is 0.691. The Morgan fingerprint density at radius 3 is 2.84 bits per heavy atom. The highest BCUT2D eigenvalue weighted by Gasteiger charge is 2.27. The van der Waals surface area contributed by atoms with E-state index in [2.05, 4.69) is 20.3 Å². The number of nitro benzene ring substituents is 1. The van der Waals surface area contributed by atoms with Crippen LogP contribution in [0.4, 0.5) is 11.4 Å². The van der Waals surface area contributed by atoms with Gasteiger partial charge in [-0.2, -0.15) is 0 Å². The van der Waals surface area contributed by atoms with Gasteiger partial charge in [0.1, 0.15) is 0 Å². The number of anilines is 1. The van der Waals surface area contributed by atoms with E-state index in [9.17, 15) is 15.2 Å². The maximum absolute atomic E-state index is 10.8. The van der Waals surface area contributed by atoms with Gasteiger partial charge in [0, 0.05) is 12.6 Å². The lowest BCUT2D eigenvalue weighted by atomic mass is 9.82. The Bertz CT molecular complexity index is 620. The third kappa shape index (κ3) is 2.10. The molecule has 3 rings (SSSR count). The van der Waals surface area contributed by atoms with Crippen LogP contribution in [0.5, 0.6) is 0 Å². The average Bonchev–Trinajstić information content (AvgIpc) is 2.81. The SMILES string of the molecule is O=[N+]([O-])c1ccc(NCC2CC(O)C2)c2nonc12. The Hall–Kier alpha value is -2.22. The topological polar surface area (TPSA) is 114 Å². The Labute approximate surface area is 107 Å². The van der Waals surface area contributed by atoms with Crippen LogP contribution in [0, 0.1) is 16.0 Å². The molecule has 100 valence electrons. The maximum atomic E-state index is 10.8. The number of hydrogen-bond acceptors (Lipinski definition) is 7. The standard InChI is InChI=1S/C11H12N4O4/c16-7-3-6(4-7)5-12-8-1-2-9(15(17)18)11-10(8)13-19-14-11/h1-2,6-7,12,16H,3-5H2. The molecule has 0 spiro atoms. The third-order valence-electron chi connectivity index (χ3n) is 3.38. The number of non-ortho nitro benzene ring substituents is 1. The van der Waals surface area contributed by atoms with Crippen LogP contribution in [0.2, 0.25) is 0 Å². The molecule has 8 nitrogen and oxygen atoms in total. The zero-order valence-electron chi connectivity index (χ0n) is 9.94. The molecule has 1 aliphatic carbocycles. The van der Waals surface area contributed by atoms with Crippen LogP contribution in [0.25, 0.3) is 11.0 Å². The molecule has 0 bridgehead atoms. The molecule has 8 heteroatoms. The summed E-state index contributed by atoms with van der Waals surface area (Å²) in [5.74, 6) is 0.417. The van der Waals surface area contributed by atoms with Gasteiger partial charge in [-0.05, 0) is 35.1 Å². The van der Waals surface area contributed by atoms with Crippen molar-refractivity contribution in [3.05, 3.63) is 22.2 Å². The van der Waals surface area contributed by atoms with Gasteiger partial charge < -0.3 is 10.4 Å². The van der Waals surface area contributed by atoms with Gasteiger partial charge in [0.25, 0.3) is 0 Å². The monoisotopic (exact) mass is 264 g/mol. The molecule has 1 aromatic heterocycles. The molecule has 0 aliphatic heterocycles. The molecule has 0 atom stereocenters. The minimum atomic E-state index is -0.515. The molecule has 0 unspecified atom stereocenters. The fourth-order valence-corrected chi connectivity index (χ4v) is 2.26. The minimum Gasteiger partial charge on any atom is -0.393 e. The summed E-state index contributed by atoms with van der Waals surface area (Å²) in [7, 11) is 0. The normalized spacial score (nSPS) is 22.2. The Morgan fingerprint density at radius 1 is 1.42 bits per heavy atom. The molecule has 2 aromatic rings. The molecular weight excluding hydrogens is 252 g/mol. The molecule has 0 saturated heterocycles. The van der Waals surface area contributed by atoms with Crippen LogP contribution in [-0.4, -0.2) is 33.0 Å². The number of rotatable bonds is 4. The summed E-state index contributed by atoms with van der Waals surface area (Å²) in [5.41, 5.74) is 1.03. The molecule has 1 aliphatic rings. The van der Waals surface area contributed by atoms with E-state index in [4.69, 9.17) is 0 Å². The molecule has 0 radical (unpaired) electrons. The predicted molar refractivity (Wildman–Crippen MR) is 65.7 cm³/mol. The number of benzene rings is 1. The number of aliphatic hydroxyl groups is 1. The number of hydrogen-bond donors (Lipinski definition) is 2. The minimum absolute atomic E-state index is 0.124. The van der Waals surface area contributed by atoms with Crippen molar-refractivity contribution in [3.8, 4) is 0 Å². The fourth-order valence-electron chi connectivity index (χ4n) is 2.26. The maximum Gasteiger partial charge on any atom is 0.300 e. The van der Waals surface area contributed by atoms with Gasteiger partial charge in [0.15, 0.2) is 5.52 Å². The highest BCUT2D eigenvalue weighted by atomic mass is 16.6. The van der Waals surface area contributed by atoms with E-state index in [-0.39, 0.29) is 17.3 Å². The average molecular weight is 264 g/mol. The van der Waals surface area contributed by atoms with Crippen LogP contribution >= 0.6 is 0 Å². The third-order valence-corrected chi connectivity index (χ3v) is 3.38. The second-order valence-corrected chi connectivity index (χ2v) is 4.72. The van der Waals surface area contributed by atoms with Crippen LogP contribution in [0.3, 0.4) is 0 Å². The second kappa shape index (κ2) is 4.47. The van der Waals surface area contributed by atoms with Gasteiger partial charge in [-0.3, -0.25) is 10.1 Å². The van der Waals surface area contributed by atoms with Crippen LogP contribution in [0.15, 0.2) is 16.8 Å². The molecule has 1 heterocycles. The van der Waals surface area contributed by atoms with Crippen molar-refractivity contribution in [2.45, 2.75) is 18.9 Å². The Kier molecular flexibility index (Phi) is 2.79. The van der Waals surface area contributed by atoms with Gasteiger partial charge in [0.05, 0.1) is 16.7 Å². The van der Waals surface area contributed by atoms with Gasteiger partial charge in [-0.1, -0.05) is 0 Å². The first-order chi connectivity index (χ1) is 9.15. The van der Waals surface area contributed by atoms with E-state index in [0.717, 1.165) is 12.8 Å². The Morgan fingerprint density at radius 2 is 2.16 bits per heavy atom. The number of nitrogens with one attached hydrogen (secondary N) is 1. The molecule has 1 saturated carbocycles. The number of aliphatic hydroxyl groups excluding tert-OH is 1. The van der Waals surface area contributed by atoms with Crippen LogP contribution in [-0.2, 0) is 0 Å². The van der Waals surface area contributed by atoms with Crippen molar-refractivity contribution >= 4 is 22.4 Å². The number of nitro groups is 1. The molecule has 1 aromatic carbocycles. The van der Waals surface area contributed by atoms with Crippen molar-refractivity contribution in [2.24, 2.45) is 5.92 Å². The van der Waals surface area contributed by atoms with Gasteiger partial charge in [-0.25, -0.2) is 4.63 Å². The number of fused-ring (bicyclic) bond motifs is 1. The molecule has 2 N–H and O–H groups in total. The summed E-state index contributed by atoms with van der Waals surface area (Å²) in [5, 5.41) is 30.5. The zero-order valence-corrected chi connectivity index (χ0v) is 9.94. The molecule has 19 heavy (non-hydrogen) atoms. The quantitative estimate of drug-likeness (QED) is 0.632. The highest BCUT2D eigenvalue weighted by Crippen LogP contribution is 2.31. The summed E-state index contributed by atoms with van der Waals surface area (Å²) < 4.78 is 4.58. The van der Waals surface area contributed by atoms with Crippen molar-refractivity contribution in [2.75, 3.05) is 11.9 Å². The van der Waals surface area contributed by atoms with Crippen LogP contribution in [0.1, 0.15) is 12.8 Å². The van der Waals surface area contributed by atoms with E-state index in [1.54, 1.807) is 6.07 Å². The van der Waals surface area contributed by atoms with Gasteiger partial charge in [0.2, 0.25) is 5.52 Å². The fraction of sp³-hybridized carbons (Fsp3) is 0.455. The first-order valence-electron chi connectivity index (χ1n) is 5.96. The summed E-state index contributed by atoms with van der Waals surface area (Å²) in [4.78, 5) is 10.3. The number of aromatic nitrogens is 2. The van der Waals surface area contributed by atoms with Crippen molar-refractivity contribution in [1.29, 1.82) is 0 Å². The summed E-state index contributed by atoms with van der Waals surface area (Å²) in [6, 6.07) is 2.98. The van der Waals surface area contributed by atoms with Crippen molar-refractivity contribution in [1.82, 2.24) is 10.3 Å². The van der Waals surface area contributed by atoms with Gasteiger partial charge >= 0.3 is 5.69 Å². The highest BCUT2D eigenvalue weighted by molar-refractivity contribution is 5.93. The Balaban J connectivity index is 1.82. The van der Waals surface area contributed by atoms with Crippen LogP contribution < -0.4 is 5.32 Å². The largest absolute Gasteiger partial charge is 0.393 e. The van der Waals surface area contributed by atoms with E-state index in [1.807, 2.05) is 0 Å². The van der Waals surface area contributed by atoms with E-state index < -0.39 is 4.92 Å². The van der Waals surface area contributed by atoms with E-state index in [1.165, 1.54) is 6.07 Å². The lowest BCUT2D eigenvalue weighted by Gasteiger charge is -2.31. The van der Waals surface area contributed by atoms with E-state index >= 15 is 0 Å². The molecular formula is C11H12N4O4. The van der Waals surface area contributed by atoms with Gasteiger partial charge in [-0.15, -0.1) is 0 Å². The lowest BCUT2D eigenvalue weighted by Crippen LogP contribution is -2.33. The molecule has 1 fully saturated rings.